The Morgan fingerprint density at radius 2 is 2.20 bits per heavy atom. The molecule has 1 saturated heterocycles. The molecule has 3 heteroatoms. The van der Waals surface area contributed by atoms with E-state index in [0.29, 0.717) is 6.04 Å². The Kier molecular flexibility index (Phi) is 3.72. The molecule has 1 heterocycles. The second kappa shape index (κ2) is 5.26. The molecule has 0 spiro atoms. The molecule has 0 aromatic heterocycles. The summed E-state index contributed by atoms with van der Waals surface area (Å²) in [5, 5.41) is 16.1. The zero-order valence-electron chi connectivity index (χ0n) is 8.82. The van der Waals surface area contributed by atoms with Crippen molar-refractivity contribution >= 4 is 0 Å². The van der Waals surface area contributed by atoms with Crippen LogP contribution in [0.3, 0.4) is 0 Å². The molecule has 1 aliphatic heterocycles. The average molecular weight is 206 g/mol. The van der Waals surface area contributed by atoms with Gasteiger partial charge in [-0.3, -0.25) is 0 Å². The van der Waals surface area contributed by atoms with Gasteiger partial charge in [-0.05, 0) is 18.5 Å². The summed E-state index contributed by atoms with van der Waals surface area (Å²) in [6.07, 6.45) is 1.14. The second-order valence-electron chi connectivity index (χ2n) is 4.00. The first-order valence-electron chi connectivity index (χ1n) is 5.52. The third kappa shape index (κ3) is 2.78. The Hall–Kier alpha value is -0.900. The summed E-state index contributed by atoms with van der Waals surface area (Å²) in [6.45, 7) is 2.23. The number of rotatable bonds is 4. The molecule has 1 aliphatic rings. The van der Waals surface area contributed by atoms with Crippen molar-refractivity contribution in [2.45, 2.75) is 18.5 Å². The number of aliphatic hydroxyl groups is 1. The maximum atomic E-state index is 9.36. The molecule has 1 aromatic carbocycles. The molecular weight excluding hydrogens is 188 g/mol. The Labute approximate surface area is 90.5 Å². The lowest BCUT2D eigenvalue weighted by Gasteiger charge is -2.20. The van der Waals surface area contributed by atoms with Crippen molar-refractivity contribution in [3.8, 4) is 0 Å². The third-order valence-corrected chi connectivity index (χ3v) is 2.88. The normalized spacial score (nSPS) is 22.9. The highest BCUT2D eigenvalue weighted by molar-refractivity contribution is 5.19. The first-order chi connectivity index (χ1) is 7.40. The van der Waals surface area contributed by atoms with Crippen molar-refractivity contribution in [2.24, 2.45) is 0 Å². The SMILES string of the molecule is OC[C@@H](NC1CCNC1)c1ccccc1. The van der Waals surface area contributed by atoms with Crippen LogP contribution in [0, 0.1) is 0 Å². The first-order valence-corrected chi connectivity index (χ1v) is 5.52. The van der Waals surface area contributed by atoms with Crippen LogP contribution in [0.25, 0.3) is 0 Å². The van der Waals surface area contributed by atoms with Gasteiger partial charge >= 0.3 is 0 Å². The Morgan fingerprint density at radius 1 is 1.40 bits per heavy atom. The predicted molar refractivity (Wildman–Crippen MR) is 60.7 cm³/mol. The fourth-order valence-electron chi connectivity index (χ4n) is 2.02. The lowest BCUT2D eigenvalue weighted by molar-refractivity contribution is 0.235. The van der Waals surface area contributed by atoms with E-state index in [0.717, 1.165) is 25.1 Å². The highest BCUT2D eigenvalue weighted by Crippen LogP contribution is 2.13. The lowest BCUT2D eigenvalue weighted by atomic mass is 10.1. The van der Waals surface area contributed by atoms with Gasteiger partial charge in [0.25, 0.3) is 0 Å². The van der Waals surface area contributed by atoms with Crippen molar-refractivity contribution in [1.82, 2.24) is 10.6 Å². The lowest BCUT2D eigenvalue weighted by Crippen LogP contribution is -2.36. The molecular formula is C12H18N2O. The standard InChI is InChI=1S/C12H18N2O/c15-9-12(10-4-2-1-3-5-10)14-11-6-7-13-8-11/h1-5,11-15H,6-9H2/t11?,12-/m1/s1. The molecule has 0 aliphatic carbocycles. The van der Waals surface area contributed by atoms with Gasteiger partial charge in [-0.25, -0.2) is 0 Å². The molecule has 0 saturated carbocycles. The van der Waals surface area contributed by atoms with Crippen LogP contribution in [0.5, 0.6) is 0 Å². The zero-order valence-corrected chi connectivity index (χ0v) is 8.82. The van der Waals surface area contributed by atoms with Gasteiger partial charge in [0, 0.05) is 12.6 Å². The number of aliphatic hydroxyl groups excluding tert-OH is 1. The van der Waals surface area contributed by atoms with Gasteiger partial charge in [0.15, 0.2) is 0 Å². The molecule has 82 valence electrons. The quantitative estimate of drug-likeness (QED) is 0.678. The van der Waals surface area contributed by atoms with Gasteiger partial charge in [-0.2, -0.15) is 0 Å². The highest BCUT2D eigenvalue weighted by atomic mass is 16.3. The van der Waals surface area contributed by atoms with Crippen LogP contribution in [-0.2, 0) is 0 Å². The fourth-order valence-corrected chi connectivity index (χ4v) is 2.02. The van der Waals surface area contributed by atoms with E-state index < -0.39 is 0 Å². The van der Waals surface area contributed by atoms with Crippen LogP contribution in [0.1, 0.15) is 18.0 Å². The van der Waals surface area contributed by atoms with E-state index in [4.69, 9.17) is 0 Å². The number of hydrogen-bond acceptors (Lipinski definition) is 3. The largest absolute Gasteiger partial charge is 0.394 e. The minimum absolute atomic E-state index is 0.0658. The Bertz CT molecular complexity index is 283. The molecule has 0 amide bonds. The number of hydrogen-bond donors (Lipinski definition) is 3. The molecule has 3 N–H and O–H groups in total. The van der Waals surface area contributed by atoms with E-state index in [1.807, 2.05) is 18.2 Å². The minimum atomic E-state index is 0.0658. The zero-order chi connectivity index (χ0) is 10.5. The second-order valence-corrected chi connectivity index (χ2v) is 4.00. The fraction of sp³-hybridized carbons (Fsp3) is 0.500. The van der Waals surface area contributed by atoms with Gasteiger partial charge in [-0.1, -0.05) is 30.3 Å². The minimum Gasteiger partial charge on any atom is -0.394 e. The summed E-state index contributed by atoms with van der Waals surface area (Å²) in [5.41, 5.74) is 1.16. The highest BCUT2D eigenvalue weighted by Gasteiger charge is 2.18. The summed E-state index contributed by atoms with van der Waals surface area (Å²) in [4.78, 5) is 0. The summed E-state index contributed by atoms with van der Waals surface area (Å²) in [7, 11) is 0. The maximum Gasteiger partial charge on any atom is 0.0626 e. The van der Waals surface area contributed by atoms with Crippen molar-refractivity contribution < 1.29 is 5.11 Å². The summed E-state index contributed by atoms with van der Waals surface area (Å²) in [5.74, 6) is 0. The molecule has 1 aromatic rings. The van der Waals surface area contributed by atoms with E-state index in [-0.39, 0.29) is 12.6 Å². The van der Waals surface area contributed by atoms with Gasteiger partial charge in [0.05, 0.1) is 12.6 Å². The van der Waals surface area contributed by atoms with Crippen LogP contribution in [0.2, 0.25) is 0 Å². The van der Waals surface area contributed by atoms with Gasteiger partial charge in [0.1, 0.15) is 0 Å². The number of nitrogens with one attached hydrogen (secondary N) is 2. The summed E-state index contributed by atoms with van der Waals surface area (Å²) < 4.78 is 0. The Balaban J connectivity index is 1.97. The van der Waals surface area contributed by atoms with Gasteiger partial charge < -0.3 is 15.7 Å². The predicted octanol–water partition coefficient (Wildman–Crippen LogP) is 0.671. The molecule has 1 unspecified atom stereocenters. The number of benzene rings is 1. The van der Waals surface area contributed by atoms with Crippen LogP contribution < -0.4 is 10.6 Å². The molecule has 15 heavy (non-hydrogen) atoms. The molecule has 3 nitrogen and oxygen atoms in total. The maximum absolute atomic E-state index is 9.36. The molecule has 2 rings (SSSR count). The van der Waals surface area contributed by atoms with E-state index in [2.05, 4.69) is 22.8 Å². The van der Waals surface area contributed by atoms with Crippen molar-refractivity contribution in [2.75, 3.05) is 19.7 Å². The summed E-state index contributed by atoms with van der Waals surface area (Å²) >= 11 is 0. The van der Waals surface area contributed by atoms with Gasteiger partial charge in [0.2, 0.25) is 0 Å². The van der Waals surface area contributed by atoms with Crippen LogP contribution >= 0.6 is 0 Å². The molecule has 1 fully saturated rings. The summed E-state index contributed by atoms with van der Waals surface area (Å²) in [6, 6.07) is 10.7. The van der Waals surface area contributed by atoms with E-state index in [1.165, 1.54) is 0 Å². The van der Waals surface area contributed by atoms with Crippen molar-refractivity contribution in [3.05, 3.63) is 35.9 Å². The van der Waals surface area contributed by atoms with Crippen LogP contribution in [-0.4, -0.2) is 30.8 Å². The van der Waals surface area contributed by atoms with E-state index in [9.17, 15) is 5.11 Å². The molecule has 2 atom stereocenters. The Morgan fingerprint density at radius 3 is 2.80 bits per heavy atom. The first kappa shape index (κ1) is 10.6. The van der Waals surface area contributed by atoms with Crippen molar-refractivity contribution in [3.63, 3.8) is 0 Å². The smallest absolute Gasteiger partial charge is 0.0626 e. The van der Waals surface area contributed by atoms with Crippen LogP contribution in [0.15, 0.2) is 30.3 Å². The topological polar surface area (TPSA) is 44.3 Å². The van der Waals surface area contributed by atoms with E-state index in [1.54, 1.807) is 0 Å². The van der Waals surface area contributed by atoms with Gasteiger partial charge in [-0.15, -0.1) is 0 Å². The molecule has 0 bridgehead atoms. The van der Waals surface area contributed by atoms with E-state index >= 15 is 0 Å². The third-order valence-electron chi connectivity index (χ3n) is 2.88. The molecule has 0 radical (unpaired) electrons. The van der Waals surface area contributed by atoms with Crippen molar-refractivity contribution in [1.29, 1.82) is 0 Å². The average Bonchev–Trinajstić information content (AvgIpc) is 2.80. The van der Waals surface area contributed by atoms with Crippen LogP contribution in [0.4, 0.5) is 0 Å². The monoisotopic (exact) mass is 206 g/mol.